The first kappa shape index (κ1) is 12.4. The molecule has 2 amide bonds. The Kier molecular flexibility index (Phi) is 3.99. The number of piperazine rings is 1. The number of amides is 2. The van der Waals surface area contributed by atoms with Crippen molar-refractivity contribution in [1.82, 2.24) is 15.1 Å². The largest absolute Gasteiger partial charge is 0.354 e. The van der Waals surface area contributed by atoms with E-state index in [-0.39, 0.29) is 17.9 Å². The summed E-state index contributed by atoms with van der Waals surface area (Å²) in [6.45, 7) is 5.44. The molecule has 0 aromatic carbocycles. The van der Waals surface area contributed by atoms with E-state index in [1.807, 2.05) is 16.7 Å². The van der Waals surface area contributed by atoms with Crippen LogP contribution < -0.4 is 5.32 Å². The number of hydrogen-bond acceptors (Lipinski definition) is 3. The minimum Gasteiger partial charge on any atom is -0.354 e. The van der Waals surface area contributed by atoms with Gasteiger partial charge in [-0.3, -0.25) is 14.5 Å². The number of rotatable bonds is 2. The molecule has 0 bridgehead atoms. The van der Waals surface area contributed by atoms with Crippen LogP contribution in [-0.4, -0.2) is 60.4 Å². The average molecular weight is 239 g/mol. The van der Waals surface area contributed by atoms with Crippen LogP contribution in [0.2, 0.25) is 0 Å². The molecule has 2 saturated heterocycles. The molecular formula is C12H21N3O2. The highest BCUT2D eigenvalue weighted by Crippen LogP contribution is 2.12. The van der Waals surface area contributed by atoms with Gasteiger partial charge in [0, 0.05) is 26.2 Å². The Morgan fingerprint density at radius 2 is 1.94 bits per heavy atom. The second kappa shape index (κ2) is 5.49. The topological polar surface area (TPSA) is 52.7 Å². The van der Waals surface area contributed by atoms with Crippen molar-refractivity contribution in [2.45, 2.75) is 32.2 Å². The zero-order valence-corrected chi connectivity index (χ0v) is 10.4. The summed E-state index contributed by atoms with van der Waals surface area (Å²) in [7, 11) is 0. The van der Waals surface area contributed by atoms with E-state index in [1.165, 1.54) is 6.42 Å². The quantitative estimate of drug-likeness (QED) is 0.727. The number of piperidine rings is 1. The third-order valence-electron chi connectivity index (χ3n) is 3.64. The number of nitrogens with zero attached hydrogens (tertiary/aromatic N) is 2. The Bertz CT molecular complexity index is 300. The normalized spacial score (nSPS) is 24.3. The molecule has 17 heavy (non-hydrogen) atoms. The summed E-state index contributed by atoms with van der Waals surface area (Å²) in [5.41, 5.74) is 0. The van der Waals surface area contributed by atoms with E-state index in [4.69, 9.17) is 0 Å². The van der Waals surface area contributed by atoms with Crippen molar-refractivity contribution in [3.05, 3.63) is 0 Å². The minimum absolute atomic E-state index is 0.0227. The Balaban J connectivity index is 1.91. The lowest BCUT2D eigenvalue weighted by Gasteiger charge is -2.35. The van der Waals surface area contributed by atoms with Gasteiger partial charge in [-0.15, -0.1) is 0 Å². The lowest BCUT2D eigenvalue weighted by Crippen LogP contribution is -2.56. The molecule has 0 radical (unpaired) electrons. The van der Waals surface area contributed by atoms with Gasteiger partial charge in [-0.25, -0.2) is 0 Å². The molecule has 2 heterocycles. The third kappa shape index (κ3) is 2.97. The van der Waals surface area contributed by atoms with E-state index >= 15 is 0 Å². The van der Waals surface area contributed by atoms with Crippen LogP contribution in [0.5, 0.6) is 0 Å². The highest BCUT2D eigenvalue weighted by Gasteiger charge is 2.29. The van der Waals surface area contributed by atoms with Gasteiger partial charge in [0.05, 0.1) is 12.6 Å². The summed E-state index contributed by atoms with van der Waals surface area (Å²) in [6, 6.07) is -0.167. The predicted molar refractivity (Wildman–Crippen MR) is 64.5 cm³/mol. The van der Waals surface area contributed by atoms with Gasteiger partial charge >= 0.3 is 0 Å². The maximum absolute atomic E-state index is 12.3. The molecule has 2 aliphatic heterocycles. The van der Waals surface area contributed by atoms with Gasteiger partial charge in [0.2, 0.25) is 11.8 Å². The van der Waals surface area contributed by atoms with Crippen LogP contribution in [0.15, 0.2) is 0 Å². The van der Waals surface area contributed by atoms with Crippen LogP contribution in [0.1, 0.15) is 26.2 Å². The predicted octanol–water partition coefficient (Wildman–Crippen LogP) is -0.181. The van der Waals surface area contributed by atoms with Gasteiger partial charge in [-0.1, -0.05) is 0 Å². The molecule has 2 rings (SSSR count). The Morgan fingerprint density at radius 3 is 2.59 bits per heavy atom. The summed E-state index contributed by atoms with van der Waals surface area (Å²) >= 11 is 0. The Hall–Kier alpha value is -1.10. The molecule has 0 aliphatic carbocycles. The van der Waals surface area contributed by atoms with Gasteiger partial charge in [0.1, 0.15) is 0 Å². The maximum Gasteiger partial charge on any atom is 0.239 e. The van der Waals surface area contributed by atoms with Gasteiger partial charge in [0.25, 0.3) is 0 Å². The van der Waals surface area contributed by atoms with Crippen molar-refractivity contribution in [2.24, 2.45) is 0 Å². The monoisotopic (exact) mass is 239 g/mol. The van der Waals surface area contributed by atoms with E-state index in [2.05, 4.69) is 5.32 Å². The van der Waals surface area contributed by atoms with E-state index < -0.39 is 0 Å². The standard InChI is InChI=1S/C12H21N3O2/c1-10(15-8-5-13-11(16)9-15)12(17)14-6-3-2-4-7-14/h10H,2-9H2,1H3,(H,13,16). The summed E-state index contributed by atoms with van der Waals surface area (Å²) < 4.78 is 0. The number of carbonyl (C=O) groups is 2. The lowest BCUT2D eigenvalue weighted by atomic mass is 10.1. The molecule has 5 heteroatoms. The van der Waals surface area contributed by atoms with Crippen molar-refractivity contribution in [1.29, 1.82) is 0 Å². The Labute approximate surface area is 102 Å². The first-order valence-electron chi connectivity index (χ1n) is 6.48. The summed E-state index contributed by atoms with van der Waals surface area (Å²) in [5, 5.41) is 2.78. The zero-order chi connectivity index (χ0) is 12.3. The summed E-state index contributed by atoms with van der Waals surface area (Å²) in [6.07, 6.45) is 3.45. The highest BCUT2D eigenvalue weighted by atomic mass is 16.2. The summed E-state index contributed by atoms with van der Waals surface area (Å²) in [5.74, 6) is 0.203. The molecule has 2 aliphatic rings. The van der Waals surface area contributed by atoms with Gasteiger partial charge in [-0.05, 0) is 26.2 Å². The number of nitrogens with one attached hydrogen (secondary N) is 1. The molecule has 0 saturated carbocycles. The fraction of sp³-hybridized carbons (Fsp3) is 0.833. The fourth-order valence-electron chi connectivity index (χ4n) is 2.52. The van der Waals surface area contributed by atoms with E-state index in [0.29, 0.717) is 13.1 Å². The van der Waals surface area contributed by atoms with Crippen molar-refractivity contribution in [3.8, 4) is 0 Å². The van der Waals surface area contributed by atoms with Crippen molar-refractivity contribution >= 4 is 11.8 Å². The number of likely N-dealkylation sites (tertiary alicyclic amines) is 1. The van der Waals surface area contributed by atoms with Crippen LogP contribution >= 0.6 is 0 Å². The summed E-state index contributed by atoms with van der Waals surface area (Å²) in [4.78, 5) is 27.5. The smallest absolute Gasteiger partial charge is 0.239 e. The van der Waals surface area contributed by atoms with E-state index in [1.54, 1.807) is 0 Å². The highest BCUT2D eigenvalue weighted by molar-refractivity contribution is 5.84. The van der Waals surface area contributed by atoms with Crippen molar-refractivity contribution in [2.75, 3.05) is 32.7 Å². The number of hydrogen-bond donors (Lipinski definition) is 1. The van der Waals surface area contributed by atoms with Gasteiger partial charge < -0.3 is 10.2 Å². The second-order valence-electron chi connectivity index (χ2n) is 4.88. The molecular weight excluding hydrogens is 218 g/mol. The first-order valence-corrected chi connectivity index (χ1v) is 6.48. The molecule has 1 N–H and O–H groups in total. The molecule has 5 nitrogen and oxygen atoms in total. The Morgan fingerprint density at radius 1 is 1.24 bits per heavy atom. The van der Waals surface area contributed by atoms with Crippen LogP contribution in [0, 0.1) is 0 Å². The number of carbonyl (C=O) groups excluding carboxylic acids is 2. The maximum atomic E-state index is 12.3. The van der Waals surface area contributed by atoms with E-state index in [0.717, 1.165) is 32.5 Å². The lowest BCUT2D eigenvalue weighted by molar-refractivity contribution is -0.139. The molecule has 1 unspecified atom stereocenters. The average Bonchev–Trinajstić information content (AvgIpc) is 2.38. The van der Waals surface area contributed by atoms with E-state index in [9.17, 15) is 9.59 Å². The third-order valence-corrected chi connectivity index (χ3v) is 3.64. The minimum atomic E-state index is -0.167. The second-order valence-corrected chi connectivity index (χ2v) is 4.88. The van der Waals surface area contributed by atoms with Crippen LogP contribution in [-0.2, 0) is 9.59 Å². The molecule has 0 spiro atoms. The van der Waals surface area contributed by atoms with Crippen molar-refractivity contribution in [3.63, 3.8) is 0 Å². The first-order chi connectivity index (χ1) is 8.18. The molecule has 96 valence electrons. The van der Waals surface area contributed by atoms with Gasteiger partial charge in [-0.2, -0.15) is 0 Å². The molecule has 2 fully saturated rings. The van der Waals surface area contributed by atoms with Crippen LogP contribution in [0.4, 0.5) is 0 Å². The molecule has 0 aromatic heterocycles. The van der Waals surface area contributed by atoms with Crippen LogP contribution in [0.3, 0.4) is 0 Å². The fourth-order valence-corrected chi connectivity index (χ4v) is 2.52. The van der Waals surface area contributed by atoms with Gasteiger partial charge in [0.15, 0.2) is 0 Å². The molecule has 0 aromatic rings. The van der Waals surface area contributed by atoms with Crippen molar-refractivity contribution < 1.29 is 9.59 Å². The SMILES string of the molecule is CC(C(=O)N1CCCCC1)N1CCNC(=O)C1. The van der Waals surface area contributed by atoms with Crippen LogP contribution in [0.25, 0.3) is 0 Å². The molecule has 1 atom stereocenters. The zero-order valence-electron chi connectivity index (χ0n) is 10.4.